The average molecular weight is 334 g/mol. The number of likely N-dealkylation sites (tertiary alicyclic amines) is 3. The molecular weight excluding hydrogens is 294 g/mol. The lowest BCUT2D eigenvalue weighted by Crippen LogP contribution is -2.64. The Labute approximate surface area is 149 Å². The van der Waals surface area contributed by atoms with Crippen molar-refractivity contribution in [1.29, 1.82) is 0 Å². The van der Waals surface area contributed by atoms with Gasteiger partial charge in [0.15, 0.2) is 0 Å². The smallest absolute Gasteiger partial charge is 0.0350 e. The van der Waals surface area contributed by atoms with Gasteiger partial charge in [-0.25, -0.2) is 0 Å². The molecule has 3 heteroatoms. The zero-order chi connectivity index (χ0) is 16.9. The molecule has 138 valence electrons. The zero-order valence-corrected chi connectivity index (χ0v) is 16.5. The third-order valence-electron chi connectivity index (χ3n) is 7.67. The van der Waals surface area contributed by atoms with E-state index in [9.17, 15) is 0 Å². The van der Waals surface area contributed by atoms with Crippen molar-refractivity contribution in [2.45, 2.75) is 77.9 Å². The van der Waals surface area contributed by atoms with Crippen LogP contribution in [0.3, 0.4) is 0 Å². The molecule has 3 saturated heterocycles. The summed E-state index contributed by atoms with van der Waals surface area (Å²) < 4.78 is 0. The van der Waals surface area contributed by atoms with E-state index in [1.54, 1.807) is 0 Å². The Kier molecular flexibility index (Phi) is 4.73. The topological polar surface area (TPSA) is 9.72 Å². The van der Waals surface area contributed by atoms with Gasteiger partial charge in [-0.05, 0) is 82.5 Å². The molecule has 0 N–H and O–H groups in total. The fraction of sp³-hybridized carbons (Fsp3) is 1.00. The lowest BCUT2D eigenvalue weighted by molar-refractivity contribution is -0.0220. The molecule has 24 heavy (non-hydrogen) atoms. The van der Waals surface area contributed by atoms with Crippen LogP contribution in [0.1, 0.15) is 59.8 Å². The molecule has 0 amide bonds. The molecular formula is C21H39N3. The Morgan fingerprint density at radius 1 is 0.958 bits per heavy atom. The average Bonchev–Trinajstić information content (AvgIpc) is 3.18. The molecule has 4 aliphatic rings. The Morgan fingerprint density at radius 3 is 2.17 bits per heavy atom. The summed E-state index contributed by atoms with van der Waals surface area (Å²) >= 11 is 0. The van der Waals surface area contributed by atoms with Crippen LogP contribution in [0.4, 0.5) is 0 Å². The van der Waals surface area contributed by atoms with Crippen molar-refractivity contribution in [3.8, 4) is 0 Å². The first-order valence-corrected chi connectivity index (χ1v) is 10.6. The fourth-order valence-electron chi connectivity index (χ4n) is 5.40. The summed E-state index contributed by atoms with van der Waals surface area (Å²) in [5.74, 6) is 1.93. The summed E-state index contributed by atoms with van der Waals surface area (Å²) in [4.78, 5) is 8.26. The minimum Gasteiger partial charge on any atom is -0.300 e. The van der Waals surface area contributed by atoms with Gasteiger partial charge in [0.05, 0.1) is 0 Å². The molecule has 0 spiro atoms. The van der Waals surface area contributed by atoms with E-state index in [1.165, 1.54) is 71.4 Å². The Morgan fingerprint density at radius 2 is 1.62 bits per heavy atom. The van der Waals surface area contributed by atoms with E-state index in [-0.39, 0.29) is 0 Å². The summed E-state index contributed by atoms with van der Waals surface area (Å²) in [6.07, 6.45) is 7.20. The molecule has 3 heterocycles. The van der Waals surface area contributed by atoms with E-state index in [4.69, 9.17) is 0 Å². The van der Waals surface area contributed by atoms with Crippen LogP contribution in [0.25, 0.3) is 0 Å². The van der Waals surface area contributed by atoms with Crippen LogP contribution >= 0.6 is 0 Å². The Hall–Kier alpha value is -0.120. The summed E-state index contributed by atoms with van der Waals surface area (Å²) in [6, 6.07) is 2.64. The van der Waals surface area contributed by atoms with Gasteiger partial charge in [0.1, 0.15) is 0 Å². The van der Waals surface area contributed by atoms with E-state index in [0.717, 1.165) is 30.0 Å². The summed E-state index contributed by atoms with van der Waals surface area (Å²) in [6.45, 7) is 17.9. The van der Waals surface area contributed by atoms with Crippen LogP contribution < -0.4 is 0 Å². The van der Waals surface area contributed by atoms with Gasteiger partial charge in [-0.1, -0.05) is 20.8 Å². The van der Waals surface area contributed by atoms with Gasteiger partial charge in [-0.15, -0.1) is 0 Å². The highest BCUT2D eigenvalue weighted by atomic mass is 15.3. The highest BCUT2D eigenvalue weighted by molar-refractivity contribution is 5.00. The standard InChI is InChI=1S/C21H39N3/c1-16(24-14-19(15-24)22-8-5-9-22)12-17-13-20(17)23-10-6-18(7-11-23)21(2,3)4/h16-20H,5-15H2,1-4H3. The first kappa shape index (κ1) is 17.3. The highest BCUT2D eigenvalue weighted by Crippen LogP contribution is 2.44. The van der Waals surface area contributed by atoms with Gasteiger partial charge in [0.25, 0.3) is 0 Å². The molecule has 0 aromatic rings. The van der Waals surface area contributed by atoms with E-state index in [0.29, 0.717) is 5.41 Å². The molecule has 4 fully saturated rings. The quantitative estimate of drug-likeness (QED) is 0.764. The van der Waals surface area contributed by atoms with Crippen molar-refractivity contribution in [3.63, 3.8) is 0 Å². The number of piperidine rings is 1. The zero-order valence-electron chi connectivity index (χ0n) is 16.5. The first-order valence-electron chi connectivity index (χ1n) is 10.6. The lowest BCUT2D eigenvalue weighted by atomic mass is 9.75. The second-order valence-corrected chi connectivity index (χ2v) is 10.3. The summed E-state index contributed by atoms with van der Waals surface area (Å²) in [5, 5.41) is 0. The first-order chi connectivity index (χ1) is 11.4. The summed E-state index contributed by atoms with van der Waals surface area (Å²) in [7, 11) is 0. The van der Waals surface area contributed by atoms with E-state index in [1.807, 2.05) is 0 Å². The largest absolute Gasteiger partial charge is 0.300 e. The molecule has 3 unspecified atom stereocenters. The van der Waals surface area contributed by atoms with E-state index < -0.39 is 0 Å². The lowest BCUT2D eigenvalue weighted by Gasteiger charge is -2.51. The molecule has 3 atom stereocenters. The Bertz CT molecular complexity index is 425. The maximum absolute atomic E-state index is 2.83. The predicted octanol–water partition coefficient (Wildman–Crippen LogP) is 3.30. The van der Waals surface area contributed by atoms with Gasteiger partial charge in [0, 0.05) is 31.2 Å². The molecule has 0 bridgehead atoms. The van der Waals surface area contributed by atoms with Gasteiger partial charge in [0.2, 0.25) is 0 Å². The SMILES string of the molecule is CC(CC1CC1N1CCC(C(C)(C)C)CC1)N1CC(N2CCC2)C1. The van der Waals surface area contributed by atoms with Gasteiger partial charge in [-0.2, -0.15) is 0 Å². The van der Waals surface area contributed by atoms with Gasteiger partial charge < -0.3 is 4.90 Å². The van der Waals surface area contributed by atoms with Crippen molar-refractivity contribution in [2.75, 3.05) is 39.3 Å². The molecule has 1 saturated carbocycles. The van der Waals surface area contributed by atoms with Crippen molar-refractivity contribution < 1.29 is 0 Å². The van der Waals surface area contributed by atoms with E-state index >= 15 is 0 Å². The third-order valence-corrected chi connectivity index (χ3v) is 7.67. The number of hydrogen-bond donors (Lipinski definition) is 0. The molecule has 0 aromatic carbocycles. The highest BCUT2D eigenvalue weighted by Gasteiger charge is 2.45. The Balaban J connectivity index is 1.15. The van der Waals surface area contributed by atoms with Crippen LogP contribution in [0.15, 0.2) is 0 Å². The van der Waals surface area contributed by atoms with Crippen molar-refractivity contribution in [1.82, 2.24) is 14.7 Å². The third kappa shape index (κ3) is 3.54. The number of hydrogen-bond acceptors (Lipinski definition) is 3. The van der Waals surface area contributed by atoms with Crippen LogP contribution in [-0.2, 0) is 0 Å². The molecule has 0 aromatic heterocycles. The second-order valence-electron chi connectivity index (χ2n) is 10.3. The van der Waals surface area contributed by atoms with E-state index in [2.05, 4.69) is 42.4 Å². The van der Waals surface area contributed by atoms with Gasteiger partial charge in [-0.3, -0.25) is 9.80 Å². The molecule has 0 radical (unpaired) electrons. The van der Waals surface area contributed by atoms with Crippen LogP contribution in [-0.4, -0.2) is 72.1 Å². The molecule has 3 nitrogen and oxygen atoms in total. The van der Waals surface area contributed by atoms with Crippen LogP contribution in [0.5, 0.6) is 0 Å². The molecule has 1 aliphatic carbocycles. The maximum Gasteiger partial charge on any atom is 0.0350 e. The van der Waals surface area contributed by atoms with Crippen LogP contribution in [0.2, 0.25) is 0 Å². The van der Waals surface area contributed by atoms with Crippen molar-refractivity contribution >= 4 is 0 Å². The molecule has 3 aliphatic heterocycles. The number of rotatable bonds is 5. The maximum atomic E-state index is 2.83. The minimum atomic E-state index is 0.508. The second kappa shape index (κ2) is 6.55. The van der Waals surface area contributed by atoms with Crippen molar-refractivity contribution in [2.24, 2.45) is 17.3 Å². The van der Waals surface area contributed by atoms with Crippen molar-refractivity contribution in [3.05, 3.63) is 0 Å². The monoisotopic (exact) mass is 333 g/mol. The molecule has 4 rings (SSSR count). The predicted molar refractivity (Wildman–Crippen MR) is 101 cm³/mol. The minimum absolute atomic E-state index is 0.508. The number of nitrogens with zero attached hydrogens (tertiary/aromatic N) is 3. The normalized spacial score (nSPS) is 35.5. The summed E-state index contributed by atoms with van der Waals surface area (Å²) in [5.41, 5.74) is 0.508. The van der Waals surface area contributed by atoms with Crippen LogP contribution in [0, 0.1) is 17.3 Å². The van der Waals surface area contributed by atoms with Gasteiger partial charge >= 0.3 is 0 Å². The fourth-order valence-corrected chi connectivity index (χ4v) is 5.40.